The van der Waals surface area contributed by atoms with Crippen LogP contribution in [0.5, 0.6) is 0 Å². The molecule has 0 aromatic rings. The molecule has 1 N–H and O–H groups in total. The molecule has 0 atom stereocenters. The van der Waals surface area contributed by atoms with Crippen LogP contribution < -0.4 is 0 Å². The SMILES string of the molecule is CC(C)(C)CCCCCCCCCC#CC(=O)O. The number of hydrogen-bond donors (Lipinski definition) is 1. The lowest BCUT2D eigenvalue weighted by Crippen LogP contribution is -2.03. The van der Waals surface area contributed by atoms with Gasteiger partial charge in [0.05, 0.1) is 0 Å². The van der Waals surface area contributed by atoms with Crippen molar-refractivity contribution in [2.45, 2.75) is 78.6 Å². The molecule has 0 aromatic carbocycles. The van der Waals surface area contributed by atoms with Gasteiger partial charge in [-0.3, -0.25) is 0 Å². The van der Waals surface area contributed by atoms with Crippen LogP contribution in [-0.4, -0.2) is 11.1 Å². The summed E-state index contributed by atoms with van der Waals surface area (Å²) in [7, 11) is 0. The molecule has 0 saturated heterocycles. The summed E-state index contributed by atoms with van der Waals surface area (Å²) in [5, 5.41) is 8.32. The molecule has 0 aliphatic rings. The van der Waals surface area contributed by atoms with E-state index in [9.17, 15) is 4.79 Å². The van der Waals surface area contributed by atoms with Gasteiger partial charge in [0.15, 0.2) is 0 Å². The second-order valence-corrected chi connectivity index (χ2v) is 6.14. The van der Waals surface area contributed by atoms with Gasteiger partial charge in [-0.1, -0.05) is 65.2 Å². The summed E-state index contributed by atoms with van der Waals surface area (Å²) in [5.74, 6) is 3.79. The van der Waals surface area contributed by atoms with Gasteiger partial charge in [0.25, 0.3) is 0 Å². The van der Waals surface area contributed by atoms with Crippen molar-refractivity contribution in [3.8, 4) is 11.8 Å². The summed E-state index contributed by atoms with van der Waals surface area (Å²) in [6.07, 6.45) is 10.8. The Bertz CT molecular complexity index is 276. The molecule has 0 fully saturated rings. The Morgan fingerprint density at radius 2 is 1.44 bits per heavy atom. The van der Waals surface area contributed by atoms with E-state index in [1.807, 2.05) is 0 Å². The summed E-state index contributed by atoms with van der Waals surface area (Å²) in [6.45, 7) is 6.89. The molecule has 18 heavy (non-hydrogen) atoms. The number of carboxylic acid groups (broad SMARTS) is 1. The molecule has 0 aliphatic heterocycles. The lowest BCUT2D eigenvalue weighted by Gasteiger charge is -2.17. The first-order valence-electron chi connectivity index (χ1n) is 7.13. The second-order valence-electron chi connectivity index (χ2n) is 6.14. The Labute approximate surface area is 112 Å². The van der Waals surface area contributed by atoms with E-state index in [1.165, 1.54) is 44.9 Å². The van der Waals surface area contributed by atoms with E-state index in [4.69, 9.17) is 5.11 Å². The van der Waals surface area contributed by atoms with E-state index < -0.39 is 5.97 Å². The Balaban J connectivity index is 3.18. The monoisotopic (exact) mass is 252 g/mol. The van der Waals surface area contributed by atoms with Crippen molar-refractivity contribution in [1.82, 2.24) is 0 Å². The van der Waals surface area contributed by atoms with E-state index in [2.05, 4.69) is 32.6 Å². The van der Waals surface area contributed by atoms with Crippen LogP contribution in [0.1, 0.15) is 78.6 Å². The number of carboxylic acids is 1. The molecule has 0 bridgehead atoms. The van der Waals surface area contributed by atoms with Crippen LogP contribution in [0.3, 0.4) is 0 Å². The first-order valence-corrected chi connectivity index (χ1v) is 7.13. The fourth-order valence-electron chi connectivity index (χ4n) is 1.89. The normalized spacial score (nSPS) is 10.8. The minimum atomic E-state index is -1.02. The molecule has 0 spiro atoms. The summed E-state index contributed by atoms with van der Waals surface area (Å²) in [6, 6.07) is 0. The molecule has 0 radical (unpaired) electrons. The van der Waals surface area contributed by atoms with Crippen LogP contribution in [0.15, 0.2) is 0 Å². The van der Waals surface area contributed by atoms with E-state index >= 15 is 0 Å². The number of rotatable bonds is 8. The summed E-state index contributed by atoms with van der Waals surface area (Å²) in [4.78, 5) is 10.1. The van der Waals surface area contributed by atoms with Crippen LogP contribution in [-0.2, 0) is 4.79 Å². The van der Waals surface area contributed by atoms with Gasteiger partial charge in [-0.25, -0.2) is 4.79 Å². The molecule has 0 aromatic heterocycles. The lowest BCUT2D eigenvalue weighted by atomic mass is 9.89. The Morgan fingerprint density at radius 1 is 0.944 bits per heavy atom. The molecule has 0 heterocycles. The topological polar surface area (TPSA) is 37.3 Å². The first-order chi connectivity index (χ1) is 8.42. The average molecular weight is 252 g/mol. The molecule has 104 valence electrons. The lowest BCUT2D eigenvalue weighted by molar-refractivity contribution is -0.130. The van der Waals surface area contributed by atoms with Crippen molar-refractivity contribution in [3.05, 3.63) is 0 Å². The molecule has 0 amide bonds. The average Bonchev–Trinajstić information content (AvgIpc) is 2.24. The quantitative estimate of drug-likeness (QED) is 0.505. The standard InChI is InChI=1S/C16H28O2/c1-16(2,3)14-12-10-8-6-4-5-7-9-11-13-15(17)18/h4-10,12,14H2,1-3H3,(H,17,18). The van der Waals surface area contributed by atoms with Gasteiger partial charge in [0, 0.05) is 12.3 Å². The molecule has 0 saturated carbocycles. The fourth-order valence-corrected chi connectivity index (χ4v) is 1.89. The smallest absolute Gasteiger partial charge is 0.381 e. The molecule has 0 unspecified atom stereocenters. The van der Waals surface area contributed by atoms with Gasteiger partial charge in [0.2, 0.25) is 0 Å². The summed E-state index contributed by atoms with van der Waals surface area (Å²) in [5.41, 5.74) is 0.475. The van der Waals surface area contributed by atoms with E-state index in [0.29, 0.717) is 5.41 Å². The highest BCUT2D eigenvalue weighted by Gasteiger charge is 2.08. The largest absolute Gasteiger partial charge is 0.472 e. The zero-order chi connectivity index (χ0) is 13.9. The van der Waals surface area contributed by atoms with Crippen molar-refractivity contribution in [1.29, 1.82) is 0 Å². The number of carbonyl (C=O) groups is 1. The third-order valence-corrected chi connectivity index (χ3v) is 2.92. The summed E-state index contributed by atoms with van der Waals surface area (Å²) < 4.78 is 0. The van der Waals surface area contributed by atoms with Gasteiger partial charge in [-0.2, -0.15) is 0 Å². The Hall–Kier alpha value is -0.970. The molecule has 2 heteroatoms. The van der Waals surface area contributed by atoms with Crippen LogP contribution in [0, 0.1) is 17.3 Å². The van der Waals surface area contributed by atoms with E-state index in [-0.39, 0.29) is 0 Å². The summed E-state index contributed by atoms with van der Waals surface area (Å²) >= 11 is 0. The zero-order valence-corrected chi connectivity index (χ0v) is 12.2. The molecule has 0 aliphatic carbocycles. The van der Waals surface area contributed by atoms with Crippen molar-refractivity contribution in [2.75, 3.05) is 0 Å². The fraction of sp³-hybridized carbons (Fsp3) is 0.812. The van der Waals surface area contributed by atoms with Gasteiger partial charge >= 0.3 is 5.97 Å². The molecule has 2 nitrogen and oxygen atoms in total. The maximum Gasteiger partial charge on any atom is 0.381 e. The van der Waals surface area contributed by atoms with Crippen molar-refractivity contribution >= 4 is 5.97 Å². The third-order valence-electron chi connectivity index (χ3n) is 2.92. The van der Waals surface area contributed by atoms with Crippen LogP contribution in [0.2, 0.25) is 0 Å². The number of unbranched alkanes of at least 4 members (excludes halogenated alkanes) is 7. The van der Waals surface area contributed by atoms with Crippen LogP contribution >= 0.6 is 0 Å². The highest BCUT2D eigenvalue weighted by Crippen LogP contribution is 2.22. The van der Waals surface area contributed by atoms with E-state index in [0.717, 1.165) is 12.8 Å². The second kappa shape index (κ2) is 10.00. The van der Waals surface area contributed by atoms with Crippen LogP contribution in [0.4, 0.5) is 0 Å². The number of hydrogen-bond acceptors (Lipinski definition) is 1. The minimum Gasteiger partial charge on any atom is -0.472 e. The number of aliphatic carboxylic acids is 1. The predicted molar refractivity (Wildman–Crippen MR) is 76.4 cm³/mol. The van der Waals surface area contributed by atoms with Gasteiger partial charge in [-0.15, -0.1) is 0 Å². The maximum atomic E-state index is 10.1. The maximum absolute atomic E-state index is 10.1. The van der Waals surface area contributed by atoms with Crippen LogP contribution in [0.25, 0.3) is 0 Å². The minimum absolute atomic E-state index is 0.475. The Morgan fingerprint density at radius 3 is 1.94 bits per heavy atom. The zero-order valence-electron chi connectivity index (χ0n) is 12.2. The van der Waals surface area contributed by atoms with Crippen molar-refractivity contribution in [2.24, 2.45) is 5.41 Å². The van der Waals surface area contributed by atoms with Crippen molar-refractivity contribution < 1.29 is 9.90 Å². The van der Waals surface area contributed by atoms with Gasteiger partial charge in [0.1, 0.15) is 0 Å². The highest BCUT2D eigenvalue weighted by molar-refractivity contribution is 5.86. The van der Waals surface area contributed by atoms with Gasteiger partial charge < -0.3 is 5.11 Å². The van der Waals surface area contributed by atoms with Crippen molar-refractivity contribution in [3.63, 3.8) is 0 Å². The predicted octanol–water partition coefficient (Wildman–Crippen LogP) is 4.63. The molecular weight excluding hydrogens is 224 g/mol. The molecular formula is C16H28O2. The Kier molecular flexibility index (Phi) is 9.46. The molecule has 0 rings (SSSR count). The van der Waals surface area contributed by atoms with Gasteiger partial charge in [-0.05, 0) is 18.3 Å². The third kappa shape index (κ3) is 15.0. The highest BCUT2D eigenvalue weighted by atomic mass is 16.4. The van der Waals surface area contributed by atoms with E-state index in [1.54, 1.807) is 0 Å². The first kappa shape index (κ1) is 17.0.